The van der Waals surface area contributed by atoms with Gasteiger partial charge in [-0.3, -0.25) is 0 Å². The second kappa shape index (κ2) is 10.4. The van der Waals surface area contributed by atoms with Crippen molar-refractivity contribution >= 4 is 11.4 Å². The SMILES string of the molecule is Nc1ccccc1Oc1cccc(Oc2cccc(Oc3cccc(Oc4ccccc4N)c3)c2)c1. The zero-order chi connectivity index (χ0) is 24.7. The topological polar surface area (TPSA) is 89.0 Å². The molecule has 0 aliphatic rings. The second-order valence-electron chi connectivity index (χ2n) is 7.91. The van der Waals surface area contributed by atoms with Crippen molar-refractivity contribution in [3.8, 4) is 46.0 Å². The van der Waals surface area contributed by atoms with Crippen LogP contribution in [0.25, 0.3) is 0 Å². The van der Waals surface area contributed by atoms with Crippen molar-refractivity contribution in [1.29, 1.82) is 0 Å². The average molecular weight is 477 g/mol. The van der Waals surface area contributed by atoms with Gasteiger partial charge < -0.3 is 30.4 Å². The minimum Gasteiger partial charge on any atom is -0.457 e. The molecular formula is C30H24N2O4. The van der Waals surface area contributed by atoms with Crippen LogP contribution in [-0.2, 0) is 0 Å². The maximum atomic E-state index is 6.05. The van der Waals surface area contributed by atoms with Gasteiger partial charge >= 0.3 is 0 Å². The molecule has 36 heavy (non-hydrogen) atoms. The van der Waals surface area contributed by atoms with E-state index in [-0.39, 0.29) is 0 Å². The summed E-state index contributed by atoms with van der Waals surface area (Å²) in [5.41, 5.74) is 13.1. The molecule has 0 aromatic heterocycles. The molecule has 0 aliphatic heterocycles. The van der Waals surface area contributed by atoms with Crippen LogP contribution in [-0.4, -0.2) is 0 Å². The van der Waals surface area contributed by atoms with E-state index in [4.69, 9.17) is 30.4 Å². The maximum Gasteiger partial charge on any atom is 0.150 e. The van der Waals surface area contributed by atoms with E-state index in [9.17, 15) is 0 Å². The molecule has 0 spiro atoms. The smallest absolute Gasteiger partial charge is 0.150 e. The molecule has 6 heteroatoms. The summed E-state index contributed by atoms with van der Waals surface area (Å²) >= 11 is 0. The van der Waals surface area contributed by atoms with Crippen molar-refractivity contribution in [2.45, 2.75) is 0 Å². The Hall–Kier alpha value is -5.10. The number of benzene rings is 5. The lowest BCUT2D eigenvalue weighted by Gasteiger charge is -2.12. The predicted octanol–water partition coefficient (Wildman–Crippen LogP) is 8.02. The third kappa shape index (κ3) is 5.69. The Morgan fingerprint density at radius 2 is 0.639 bits per heavy atom. The van der Waals surface area contributed by atoms with E-state index in [1.165, 1.54) is 0 Å². The van der Waals surface area contributed by atoms with E-state index in [1.54, 1.807) is 24.3 Å². The van der Waals surface area contributed by atoms with Crippen LogP contribution < -0.4 is 30.4 Å². The molecule has 0 heterocycles. The number of hydrogen-bond donors (Lipinski definition) is 2. The number of hydrogen-bond acceptors (Lipinski definition) is 6. The number of nitrogens with two attached hydrogens (primary N) is 2. The Balaban J connectivity index is 1.27. The first-order valence-corrected chi connectivity index (χ1v) is 11.3. The third-order valence-corrected chi connectivity index (χ3v) is 5.18. The Morgan fingerprint density at radius 3 is 0.972 bits per heavy atom. The summed E-state index contributed by atoms with van der Waals surface area (Å²) in [4.78, 5) is 0. The molecular weight excluding hydrogens is 452 g/mol. The highest BCUT2D eigenvalue weighted by atomic mass is 16.5. The number of rotatable bonds is 8. The van der Waals surface area contributed by atoms with Gasteiger partial charge in [0, 0.05) is 18.2 Å². The maximum absolute atomic E-state index is 6.05. The van der Waals surface area contributed by atoms with Gasteiger partial charge in [0.2, 0.25) is 0 Å². The van der Waals surface area contributed by atoms with Gasteiger partial charge in [-0.1, -0.05) is 42.5 Å². The summed E-state index contributed by atoms with van der Waals surface area (Å²) < 4.78 is 23.9. The molecule has 0 amide bonds. The zero-order valence-corrected chi connectivity index (χ0v) is 19.3. The lowest BCUT2D eigenvalue weighted by atomic mass is 10.2. The standard InChI is InChI=1S/C30H24N2O4/c31-27-14-1-3-16-29(27)35-25-12-6-10-23(19-25)33-21-8-5-9-22(18-21)34-24-11-7-13-26(20-24)36-30-17-4-2-15-28(30)32/h1-20H,31-32H2. The monoisotopic (exact) mass is 476 g/mol. The van der Waals surface area contributed by atoms with Crippen LogP contribution in [0.1, 0.15) is 0 Å². The predicted molar refractivity (Wildman–Crippen MR) is 141 cm³/mol. The molecule has 5 aromatic carbocycles. The van der Waals surface area contributed by atoms with E-state index < -0.39 is 0 Å². The fraction of sp³-hybridized carbons (Fsp3) is 0. The molecule has 0 fully saturated rings. The van der Waals surface area contributed by atoms with Crippen LogP contribution in [0.15, 0.2) is 121 Å². The van der Waals surface area contributed by atoms with Crippen LogP contribution in [0.4, 0.5) is 11.4 Å². The van der Waals surface area contributed by atoms with Crippen LogP contribution >= 0.6 is 0 Å². The summed E-state index contributed by atoms with van der Waals surface area (Å²) in [5.74, 6) is 4.89. The molecule has 0 radical (unpaired) electrons. The molecule has 6 nitrogen and oxygen atoms in total. The Bertz CT molecular complexity index is 1380. The van der Waals surface area contributed by atoms with Crippen molar-refractivity contribution < 1.29 is 18.9 Å². The van der Waals surface area contributed by atoms with Crippen molar-refractivity contribution in [2.24, 2.45) is 0 Å². The Morgan fingerprint density at radius 1 is 0.333 bits per heavy atom. The number of ether oxygens (including phenoxy) is 4. The van der Waals surface area contributed by atoms with Crippen molar-refractivity contribution in [2.75, 3.05) is 11.5 Å². The van der Waals surface area contributed by atoms with Crippen molar-refractivity contribution in [3.63, 3.8) is 0 Å². The normalized spacial score (nSPS) is 10.4. The molecule has 5 aromatic rings. The highest BCUT2D eigenvalue weighted by molar-refractivity contribution is 5.55. The summed E-state index contributed by atoms with van der Waals surface area (Å²) in [5, 5.41) is 0. The first kappa shape index (κ1) is 22.7. The van der Waals surface area contributed by atoms with Gasteiger partial charge in [-0.25, -0.2) is 0 Å². The zero-order valence-electron chi connectivity index (χ0n) is 19.3. The van der Waals surface area contributed by atoms with Crippen LogP contribution in [0.2, 0.25) is 0 Å². The molecule has 178 valence electrons. The molecule has 0 unspecified atom stereocenters. The summed E-state index contributed by atoms with van der Waals surface area (Å²) in [6.07, 6.45) is 0. The van der Waals surface area contributed by atoms with Gasteiger partial charge in [-0.15, -0.1) is 0 Å². The van der Waals surface area contributed by atoms with E-state index in [0.717, 1.165) is 0 Å². The number of para-hydroxylation sites is 4. The molecule has 0 saturated heterocycles. The third-order valence-electron chi connectivity index (χ3n) is 5.18. The van der Waals surface area contributed by atoms with E-state index in [0.29, 0.717) is 57.4 Å². The van der Waals surface area contributed by atoms with Gasteiger partial charge in [0.25, 0.3) is 0 Å². The molecule has 4 N–H and O–H groups in total. The lowest BCUT2D eigenvalue weighted by molar-refractivity contribution is 0.448. The van der Waals surface area contributed by atoms with Crippen molar-refractivity contribution in [3.05, 3.63) is 121 Å². The fourth-order valence-corrected chi connectivity index (χ4v) is 3.48. The van der Waals surface area contributed by atoms with Crippen molar-refractivity contribution in [1.82, 2.24) is 0 Å². The molecule has 5 rings (SSSR count). The largest absolute Gasteiger partial charge is 0.457 e. The Kier molecular flexibility index (Phi) is 6.58. The summed E-state index contributed by atoms with van der Waals surface area (Å²) in [6, 6.07) is 36.8. The first-order chi connectivity index (χ1) is 17.6. The minimum absolute atomic E-state index is 0.565. The quantitative estimate of drug-likeness (QED) is 0.220. The van der Waals surface area contributed by atoms with E-state index in [2.05, 4.69) is 0 Å². The highest BCUT2D eigenvalue weighted by Crippen LogP contribution is 2.34. The molecule has 0 saturated carbocycles. The van der Waals surface area contributed by atoms with Gasteiger partial charge in [-0.05, 0) is 60.7 Å². The van der Waals surface area contributed by atoms with Crippen LogP contribution in [0, 0.1) is 0 Å². The van der Waals surface area contributed by atoms with Gasteiger partial charge in [0.1, 0.15) is 46.0 Å². The van der Waals surface area contributed by atoms with Crippen LogP contribution in [0.5, 0.6) is 46.0 Å². The fourth-order valence-electron chi connectivity index (χ4n) is 3.48. The van der Waals surface area contributed by atoms with E-state index in [1.807, 2.05) is 97.1 Å². The highest BCUT2D eigenvalue weighted by Gasteiger charge is 2.07. The van der Waals surface area contributed by atoms with Gasteiger partial charge in [0.15, 0.2) is 0 Å². The molecule has 0 bridgehead atoms. The first-order valence-electron chi connectivity index (χ1n) is 11.3. The molecule has 0 atom stereocenters. The van der Waals surface area contributed by atoms with Gasteiger partial charge in [0.05, 0.1) is 11.4 Å². The summed E-state index contributed by atoms with van der Waals surface area (Å²) in [7, 11) is 0. The second-order valence-corrected chi connectivity index (χ2v) is 7.91. The van der Waals surface area contributed by atoms with Gasteiger partial charge in [-0.2, -0.15) is 0 Å². The molecule has 0 aliphatic carbocycles. The van der Waals surface area contributed by atoms with Crippen LogP contribution in [0.3, 0.4) is 0 Å². The number of anilines is 2. The van der Waals surface area contributed by atoms with E-state index >= 15 is 0 Å². The average Bonchev–Trinajstić information content (AvgIpc) is 2.88. The number of nitrogen functional groups attached to an aromatic ring is 2. The lowest BCUT2D eigenvalue weighted by Crippen LogP contribution is -1.92. The minimum atomic E-state index is 0.565. The summed E-state index contributed by atoms with van der Waals surface area (Å²) in [6.45, 7) is 0. The Labute approximate surface area is 209 Å².